The van der Waals surface area contributed by atoms with Crippen LogP contribution >= 0.6 is 0 Å². The molecule has 0 aromatic heterocycles. The van der Waals surface area contributed by atoms with Crippen LogP contribution in [0.3, 0.4) is 0 Å². The zero-order valence-corrected chi connectivity index (χ0v) is 13.0. The molecule has 1 aromatic carbocycles. The molecule has 0 saturated carbocycles. The van der Waals surface area contributed by atoms with E-state index in [4.69, 9.17) is 0 Å². The van der Waals surface area contributed by atoms with Crippen molar-refractivity contribution in [3.8, 4) is 0 Å². The van der Waals surface area contributed by atoms with Crippen molar-refractivity contribution in [3.63, 3.8) is 0 Å². The van der Waals surface area contributed by atoms with Gasteiger partial charge in [-0.25, -0.2) is 0 Å². The van der Waals surface area contributed by atoms with Crippen LogP contribution in [-0.4, -0.2) is 18.2 Å². The van der Waals surface area contributed by atoms with Gasteiger partial charge < -0.3 is 10.4 Å². The van der Waals surface area contributed by atoms with Crippen molar-refractivity contribution in [1.82, 2.24) is 5.32 Å². The second kappa shape index (κ2) is 7.66. The lowest BCUT2D eigenvalue weighted by Crippen LogP contribution is -2.28. The molecule has 0 radical (unpaired) electrons. The molecule has 0 aliphatic heterocycles. The van der Waals surface area contributed by atoms with Crippen molar-refractivity contribution < 1.29 is 5.11 Å². The molecule has 2 N–H and O–H groups in total. The molecule has 0 saturated heterocycles. The number of aliphatic hydroxyl groups excluding tert-OH is 1. The Morgan fingerprint density at radius 1 is 0.895 bits per heavy atom. The van der Waals surface area contributed by atoms with Crippen molar-refractivity contribution in [2.24, 2.45) is 11.8 Å². The predicted molar refractivity (Wildman–Crippen MR) is 82.4 cm³/mol. The maximum absolute atomic E-state index is 10.1. The summed E-state index contributed by atoms with van der Waals surface area (Å²) < 4.78 is 0. The molecule has 0 aliphatic rings. The van der Waals surface area contributed by atoms with Gasteiger partial charge in [0.2, 0.25) is 0 Å². The van der Waals surface area contributed by atoms with E-state index in [2.05, 4.69) is 52.1 Å². The zero-order chi connectivity index (χ0) is 14.4. The van der Waals surface area contributed by atoms with Crippen LogP contribution in [-0.2, 0) is 0 Å². The molecule has 1 rings (SSSR count). The Labute approximate surface area is 118 Å². The fraction of sp³-hybridized carbons (Fsp3) is 0.647. The third kappa shape index (κ3) is 5.33. The van der Waals surface area contributed by atoms with Gasteiger partial charge in [-0.05, 0) is 35.4 Å². The monoisotopic (exact) mass is 263 g/mol. The minimum absolute atomic E-state index is 0.416. The van der Waals surface area contributed by atoms with Crippen LogP contribution in [0.2, 0.25) is 0 Å². The van der Waals surface area contributed by atoms with Gasteiger partial charge in [0, 0.05) is 6.54 Å². The Bertz CT molecular complexity index is 356. The Morgan fingerprint density at radius 3 is 1.89 bits per heavy atom. The minimum Gasteiger partial charge on any atom is -0.387 e. The van der Waals surface area contributed by atoms with Gasteiger partial charge in [0.05, 0.1) is 6.10 Å². The molecule has 19 heavy (non-hydrogen) atoms. The van der Waals surface area contributed by atoms with Crippen LogP contribution in [0.1, 0.15) is 57.8 Å². The van der Waals surface area contributed by atoms with Gasteiger partial charge in [0.1, 0.15) is 0 Å². The number of hydrogen-bond donors (Lipinski definition) is 2. The fourth-order valence-electron chi connectivity index (χ4n) is 1.90. The van der Waals surface area contributed by atoms with E-state index in [1.54, 1.807) is 0 Å². The van der Waals surface area contributed by atoms with Crippen molar-refractivity contribution in [2.45, 2.75) is 46.6 Å². The number of rotatable bonds is 7. The quantitative estimate of drug-likeness (QED) is 0.785. The Morgan fingerprint density at radius 2 is 1.42 bits per heavy atom. The molecule has 0 heterocycles. The van der Waals surface area contributed by atoms with Crippen LogP contribution in [0.15, 0.2) is 24.3 Å². The highest BCUT2D eigenvalue weighted by Crippen LogP contribution is 2.18. The highest BCUT2D eigenvalue weighted by atomic mass is 16.3. The number of benzene rings is 1. The summed E-state index contributed by atoms with van der Waals surface area (Å²) in [7, 11) is 0. The van der Waals surface area contributed by atoms with Gasteiger partial charge in [-0.3, -0.25) is 0 Å². The molecule has 2 atom stereocenters. The average Bonchev–Trinajstić information content (AvgIpc) is 2.38. The second-order valence-electron chi connectivity index (χ2n) is 6.22. The standard InChI is InChI=1S/C17H29NO/c1-12(2)14(5)10-18-11-17(19)16-8-6-15(7-9-16)13(3)4/h6-9,12-14,17-19H,10-11H2,1-5H3. The first-order valence-electron chi connectivity index (χ1n) is 7.40. The van der Waals surface area contributed by atoms with Gasteiger partial charge in [0.15, 0.2) is 0 Å². The van der Waals surface area contributed by atoms with E-state index in [0.717, 1.165) is 12.1 Å². The van der Waals surface area contributed by atoms with Gasteiger partial charge in [0.25, 0.3) is 0 Å². The normalized spacial score (nSPS) is 14.9. The smallest absolute Gasteiger partial charge is 0.0914 e. The first-order chi connectivity index (χ1) is 8.91. The van der Waals surface area contributed by atoms with E-state index in [9.17, 15) is 5.11 Å². The summed E-state index contributed by atoms with van der Waals surface area (Å²) in [6, 6.07) is 8.29. The molecule has 2 nitrogen and oxygen atoms in total. The van der Waals surface area contributed by atoms with Gasteiger partial charge >= 0.3 is 0 Å². The lowest BCUT2D eigenvalue weighted by Gasteiger charge is -2.18. The van der Waals surface area contributed by atoms with Crippen LogP contribution in [0.5, 0.6) is 0 Å². The summed E-state index contributed by atoms with van der Waals surface area (Å²) >= 11 is 0. The Balaban J connectivity index is 2.43. The summed E-state index contributed by atoms with van der Waals surface area (Å²) in [6.07, 6.45) is -0.416. The summed E-state index contributed by atoms with van der Waals surface area (Å²) in [6.45, 7) is 12.6. The van der Waals surface area contributed by atoms with E-state index < -0.39 is 6.10 Å². The third-order valence-electron chi connectivity index (χ3n) is 3.93. The molecule has 108 valence electrons. The van der Waals surface area contributed by atoms with Crippen molar-refractivity contribution in [3.05, 3.63) is 35.4 Å². The van der Waals surface area contributed by atoms with Crippen molar-refractivity contribution >= 4 is 0 Å². The van der Waals surface area contributed by atoms with Gasteiger partial charge in [-0.1, -0.05) is 58.9 Å². The highest BCUT2D eigenvalue weighted by molar-refractivity contribution is 5.26. The molecule has 2 heteroatoms. The summed E-state index contributed by atoms with van der Waals surface area (Å²) in [5, 5.41) is 13.5. The first-order valence-corrected chi connectivity index (χ1v) is 7.40. The van der Waals surface area contributed by atoms with Gasteiger partial charge in [-0.15, -0.1) is 0 Å². The molecule has 0 spiro atoms. The molecule has 0 fully saturated rings. The maximum Gasteiger partial charge on any atom is 0.0914 e. The molecule has 1 aromatic rings. The summed E-state index contributed by atoms with van der Waals surface area (Å²) in [4.78, 5) is 0. The highest BCUT2D eigenvalue weighted by Gasteiger charge is 2.10. The van der Waals surface area contributed by atoms with Crippen molar-refractivity contribution in [2.75, 3.05) is 13.1 Å². The maximum atomic E-state index is 10.1. The number of aliphatic hydroxyl groups is 1. The second-order valence-corrected chi connectivity index (χ2v) is 6.22. The molecular weight excluding hydrogens is 234 g/mol. The lowest BCUT2D eigenvalue weighted by atomic mass is 9.98. The Kier molecular flexibility index (Phi) is 6.53. The van der Waals surface area contributed by atoms with Gasteiger partial charge in [-0.2, -0.15) is 0 Å². The average molecular weight is 263 g/mol. The van der Waals surface area contributed by atoms with Crippen LogP contribution < -0.4 is 5.32 Å². The Hall–Kier alpha value is -0.860. The largest absolute Gasteiger partial charge is 0.387 e. The molecule has 2 unspecified atom stereocenters. The van der Waals surface area contributed by atoms with Crippen molar-refractivity contribution in [1.29, 1.82) is 0 Å². The zero-order valence-electron chi connectivity index (χ0n) is 13.0. The van der Waals surface area contributed by atoms with E-state index in [1.165, 1.54) is 5.56 Å². The topological polar surface area (TPSA) is 32.3 Å². The number of hydrogen-bond acceptors (Lipinski definition) is 2. The predicted octanol–water partition coefficient (Wildman–Crippen LogP) is 3.73. The fourth-order valence-corrected chi connectivity index (χ4v) is 1.90. The van der Waals surface area contributed by atoms with E-state index >= 15 is 0 Å². The number of nitrogens with one attached hydrogen (secondary N) is 1. The van der Waals surface area contributed by atoms with E-state index in [-0.39, 0.29) is 0 Å². The SMILES string of the molecule is CC(C)c1ccc(C(O)CNCC(C)C(C)C)cc1. The molecule has 0 amide bonds. The van der Waals surface area contributed by atoms with Crippen LogP contribution in [0, 0.1) is 11.8 Å². The van der Waals surface area contributed by atoms with Crippen LogP contribution in [0.25, 0.3) is 0 Å². The third-order valence-corrected chi connectivity index (χ3v) is 3.93. The summed E-state index contributed by atoms with van der Waals surface area (Å²) in [5.74, 6) is 1.85. The lowest BCUT2D eigenvalue weighted by molar-refractivity contribution is 0.171. The molecule has 0 aliphatic carbocycles. The van der Waals surface area contributed by atoms with E-state index in [0.29, 0.717) is 24.3 Å². The molecule has 0 bridgehead atoms. The summed E-state index contributed by atoms with van der Waals surface area (Å²) in [5.41, 5.74) is 2.31. The minimum atomic E-state index is -0.416. The van der Waals surface area contributed by atoms with E-state index in [1.807, 2.05) is 12.1 Å². The van der Waals surface area contributed by atoms with Crippen LogP contribution in [0.4, 0.5) is 0 Å². The molecular formula is C17H29NO. The first kappa shape index (κ1) is 16.2.